The molecule has 15 heavy (non-hydrogen) atoms. The molecule has 1 atom stereocenters. The van der Waals surface area contributed by atoms with Crippen molar-refractivity contribution in [3.63, 3.8) is 0 Å². The highest BCUT2D eigenvalue weighted by molar-refractivity contribution is 6.46. The number of hydrogen-bond acceptors (Lipinski definition) is 3. The van der Waals surface area contributed by atoms with Gasteiger partial charge in [-0.05, 0) is 6.92 Å². The van der Waals surface area contributed by atoms with E-state index in [2.05, 4.69) is 4.98 Å². The van der Waals surface area contributed by atoms with E-state index < -0.39 is 16.3 Å². The van der Waals surface area contributed by atoms with E-state index in [1.807, 2.05) is 0 Å². The average molecular weight is 252 g/mol. The van der Waals surface area contributed by atoms with Crippen LogP contribution in [0.15, 0.2) is 12.5 Å². The Labute approximate surface area is 96.8 Å². The van der Waals surface area contributed by atoms with Gasteiger partial charge in [-0.2, -0.15) is 0 Å². The third-order valence-electron chi connectivity index (χ3n) is 2.14. The second-order valence-corrected chi connectivity index (χ2v) is 4.41. The Bertz CT molecular complexity index is 367. The number of hydrogen-bond donors (Lipinski definition) is 2. The molecule has 0 spiro atoms. The van der Waals surface area contributed by atoms with Gasteiger partial charge in [-0.25, -0.2) is 4.98 Å². The molecule has 0 fully saturated rings. The molecule has 0 radical (unpaired) electrons. The summed E-state index contributed by atoms with van der Waals surface area (Å²) in [5.74, 6) is -1.24. The van der Waals surface area contributed by atoms with E-state index in [9.17, 15) is 4.79 Å². The smallest absolute Gasteiger partial charge is 0.328 e. The SMILES string of the molecule is Cc1cncn1CC(N)(C(=O)O)C(Cl)Cl. The minimum absolute atomic E-state index is 0.0220. The van der Waals surface area contributed by atoms with Crippen LogP contribution < -0.4 is 5.73 Å². The Morgan fingerprint density at radius 2 is 2.40 bits per heavy atom. The summed E-state index contributed by atoms with van der Waals surface area (Å²) < 4.78 is 1.59. The summed E-state index contributed by atoms with van der Waals surface area (Å²) in [6.07, 6.45) is 3.08. The van der Waals surface area contributed by atoms with Crippen LogP contribution in [0.3, 0.4) is 0 Å². The monoisotopic (exact) mass is 251 g/mol. The molecule has 0 amide bonds. The highest BCUT2D eigenvalue weighted by Gasteiger charge is 2.41. The Balaban J connectivity index is 2.95. The summed E-state index contributed by atoms with van der Waals surface area (Å²) in [6, 6.07) is 0. The van der Waals surface area contributed by atoms with Crippen LogP contribution in [0.1, 0.15) is 5.69 Å². The predicted molar refractivity (Wildman–Crippen MR) is 57.0 cm³/mol. The van der Waals surface area contributed by atoms with Gasteiger partial charge in [0.15, 0.2) is 5.54 Å². The number of aliphatic carboxylic acids is 1. The van der Waals surface area contributed by atoms with Gasteiger partial charge in [0.1, 0.15) is 4.84 Å². The minimum Gasteiger partial charge on any atom is -0.480 e. The van der Waals surface area contributed by atoms with Crippen LogP contribution >= 0.6 is 23.2 Å². The first kappa shape index (κ1) is 12.3. The fourth-order valence-electron chi connectivity index (χ4n) is 1.06. The second kappa shape index (κ2) is 4.38. The number of nitrogens with zero attached hydrogens (tertiary/aromatic N) is 2. The van der Waals surface area contributed by atoms with Crippen LogP contribution in [-0.4, -0.2) is 31.0 Å². The third kappa shape index (κ3) is 2.42. The highest BCUT2D eigenvalue weighted by atomic mass is 35.5. The topological polar surface area (TPSA) is 81.1 Å². The molecule has 0 aromatic carbocycles. The number of aryl methyl sites for hydroxylation is 1. The lowest BCUT2D eigenvalue weighted by Gasteiger charge is -2.26. The van der Waals surface area contributed by atoms with E-state index in [0.717, 1.165) is 5.69 Å². The molecule has 0 saturated heterocycles. The van der Waals surface area contributed by atoms with Crippen molar-refractivity contribution in [1.82, 2.24) is 9.55 Å². The number of imidazole rings is 1. The Morgan fingerprint density at radius 1 is 1.80 bits per heavy atom. The zero-order valence-corrected chi connectivity index (χ0v) is 9.53. The molecule has 0 aliphatic rings. The van der Waals surface area contributed by atoms with E-state index in [4.69, 9.17) is 34.0 Å². The minimum atomic E-state index is -1.71. The fraction of sp³-hybridized carbons (Fsp3) is 0.500. The molecular weight excluding hydrogens is 241 g/mol. The molecule has 7 heteroatoms. The largest absolute Gasteiger partial charge is 0.480 e. The van der Waals surface area contributed by atoms with Gasteiger partial charge in [0.2, 0.25) is 0 Å². The summed E-state index contributed by atoms with van der Waals surface area (Å²) in [5, 5.41) is 8.96. The van der Waals surface area contributed by atoms with Crippen molar-refractivity contribution in [2.24, 2.45) is 5.73 Å². The van der Waals surface area contributed by atoms with Gasteiger partial charge < -0.3 is 15.4 Å². The van der Waals surface area contributed by atoms with Crippen molar-refractivity contribution in [3.8, 4) is 0 Å². The Morgan fingerprint density at radius 3 is 2.73 bits per heavy atom. The number of carboxylic acids is 1. The van der Waals surface area contributed by atoms with Crippen molar-refractivity contribution < 1.29 is 9.90 Å². The fourth-order valence-corrected chi connectivity index (χ4v) is 1.39. The van der Waals surface area contributed by atoms with E-state index in [1.54, 1.807) is 17.7 Å². The summed E-state index contributed by atoms with van der Waals surface area (Å²) >= 11 is 11.2. The maximum absolute atomic E-state index is 11.0. The van der Waals surface area contributed by atoms with Crippen molar-refractivity contribution in [1.29, 1.82) is 0 Å². The standard InChI is InChI=1S/C8H11Cl2N3O2/c1-5-2-12-4-13(5)3-8(11,6(9)10)7(14)15/h2,4,6H,3,11H2,1H3,(H,14,15). The van der Waals surface area contributed by atoms with Crippen LogP contribution in [0, 0.1) is 6.92 Å². The van der Waals surface area contributed by atoms with Crippen molar-refractivity contribution in [2.75, 3.05) is 0 Å². The first-order valence-corrected chi connectivity index (χ1v) is 5.02. The number of carbonyl (C=O) groups is 1. The number of aromatic nitrogens is 2. The van der Waals surface area contributed by atoms with Crippen molar-refractivity contribution >= 4 is 29.2 Å². The van der Waals surface area contributed by atoms with Gasteiger partial charge in [-0.3, -0.25) is 4.79 Å². The molecule has 0 bridgehead atoms. The molecule has 1 aromatic heterocycles. The number of nitrogens with two attached hydrogens (primary N) is 1. The third-order valence-corrected chi connectivity index (χ3v) is 2.92. The number of alkyl halides is 2. The van der Waals surface area contributed by atoms with Gasteiger partial charge in [0, 0.05) is 11.9 Å². The second-order valence-electron chi connectivity index (χ2n) is 3.31. The predicted octanol–water partition coefficient (Wildman–Crippen LogP) is 0.777. The molecule has 1 heterocycles. The Kier molecular flexibility index (Phi) is 3.59. The van der Waals surface area contributed by atoms with E-state index in [0.29, 0.717) is 0 Å². The summed E-state index contributed by atoms with van der Waals surface area (Å²) in [5.41, 5.74) is 4.71. The van der Waals surface area contributed by atoms with Crippen LogP contribution in [0.2, 0.25) is 0 Å². The molecule has 0 saturated carbocycles. The molecular formula is C8H11Cl2N3O2. The van der Waals surface area contributed by atoms with Crippen LogP contribution in [-0.2, 0) is 11.3 Å². The maximum atomic E-state index is 11.0. The van der Waals surface area contributed by atoms with Gasteiger partial charge in [0.05, 0.1) is 12.9 Å². The van der Waals surface area contributed by atoms with Crippen molar-refractivity contribution in [3.05, 3.63) is 18.2 Å². The molecule has 1 aromatic rings. The lowest BCUT2D eigenvalue weighted by molar-refractivity contribution is -0.143. The number of rotatable bonds is 4. The molecule has 0 aliphatic heterocycles. The van der Waals surface area contributed by atoms with E-state index in [-0.39, 0.29) is 6.54 Å². The molecule has 1 rings (SSSR count). The average Bonchev–Trinajstić information content (AvgIpc) is 2.51. The van der Waals surface area contributed by atoms with E-state index in [1.165, 1.54) is 6.33 Å². The zero-order valence-electron chi connectivity index (χ0n) is 8.02. The van der Waals surface area contributed by atoms with Gasteiger partial charge in [0.25, 0.3) is 0 Å². The van der Waals surface area contributed by atoms with Crippen LogP contribution in [0.25, 0.3) is 0 Å². The van der Waals surface area contributed by atoms with Gasteiger partial charge >= 0.3 is 5.97 Å². The number of halogens is 2. The van der Waals surface area contributed by atoms with Gasteiger partial charge in [-0.15, -0.1) is 23.2 Å². The lowest BCUT2D eigenvalue weighted by Crippen LogP contribution is -2.56. The molecule has 84 valence electrons. The van der Waals surface area contributed by atoms with Gasteiger partial charge in [-0.1, -0.05) is 0 Å². The zero-order chi connectivity index (χ0) is 11.6. The maximum Gasteiger partial charge on any atom is 0.328 e. The summed E-state index contributed by atoms with van der Waals surface area (Å²) in [4.78, 5) is 13.6. The molecule has 0 aliphatic carbocycles. The normalized spacial score (nSPS) is 15.3. The lowest BCUT2D eigenvalue weighted by atomic mass is 10.0. The molecule has 3 N–H and O–H groups in total. The number of carboxylic acid groups (broad SMARTS) is 1. The van der Waals surface area contributed by atoms with Crippen LogP contribution in [0.5, 0.6) is 0 Å². The van der Waals surface area contributed by atoms with E-state index >= 15 is 0 Å². The summed E-state index contributed by atoms with van der Waals surface area (Å²) in [6.45, 7) is 1.76. The first-order valence-electron chi connectivity index (χ1n) is 4.15. The molecule has 1 unspecified atom stereocenters. The Hall–Kier alpha value is -0.780. The summed E-state index contributed by atoms with van der Waals surface area (Å²) in [7, 11) is 0. The molecule has 5 nitrogen and oxygen atoms in total. The van der Waals surface area contributed by atoms with Crippen molar-refractivity contribution in [2.45, 2.75) is 23.8 Å². The van der Waals surface area contributed by atoms with Crippen LogP contribution in [0.4, 0.5) is 0 Å². The quantitative estimate of drug-likeness (QED) is 0.776. The first-order chi connectivity index (χ1) is 6.88. The highest BCUT2D eigenvalue weighted by Crippen LogP contribution is 2.21.